The number of halogens is 1. The second-order valence-corrected chi connectivity index (χ2v) is 6.38. The Morgan fingerprint density at radius 2 is 1.70 bits per heavy atom. The highest BCUT2D eigenvalue weighted by Crippen LogP contribution is 2.28. The van der Waals surface area contributed by atoms with Crippen molar-refractivity contribution in [3.63, 3.8) is 0 Å². The average molecular weight is 339 g/mol. The van der Waals surface area contributed by atoms with Crippen molar-refractivity contribution >= 4 is 24.2 Å². The molecule has 1 aliphatic heterocycles. The summed E-state index contributed by atoms with van der Waals surface area (Å²) in [6.45, 7) is 2.32. The molecule has 1 aliphatic carbocycles. The summed E-state index contributed by atoms with van der Waals surface area (Å²) in [4.78, 5) is 14.7. The van der Waals surface area contributed by atoms with Crippen molar-refractivity contribution in [2.24, 2.45) is 0 Å². The molecule has 23 heavy (non-hydrogen) atoms. The van der Waals surface area contributed by atoms with E-state index in [1.807, 2.05) is 30.3 Å². The van der Waals surface area contributed by atoms with Gasteiger partial charge in [-0.25, -0.2) is 4.79 Å². The van der Waals surface area contributed by atoms with Gasteiger partial charge in [0.25, 0.3) is 0 Å². The molecule has 2 fully saturated rings. The number of hydrogen-bond acceptors (Lipinski definition) is 3. The fourth-order valence-electron chi connectivity index (χ4n) is 3.69. The lowest BCUT2D eigenvalue weighted by molar-refractivity contribution is 0.00174. The Bertz CT molecular complexity index is 477. The van der Waals surface area contributed by atoms with Crippen LogP contribution in [0.4, 0.5) is 10.5 Å². The van der Waals surface area contributed by atoms with Crippen LogP contribution < -0.4 is 5.32 Å². The van der Waals surface area contributed by atoms with Crippen molar-refractivity contribution in [2.75, 3.05) is 18.4 Å². The molecule has 0 aromatic heterocycles. The highest BCUT2D eigenvalue weighted by Gasteiger charge is 2.33. The molecule has 1 saturated heterocycles. The number of piperidine rings is 1. The Morgan fingerprint density at radius 3 is 2.43 bits per heavy atom. The maximum Gasteiger partial charge on any atom is 0.411 e. The maximum absolute atomic E-state index is 12.2. The zero-order valence-corrected chi connectivity index (χ0v) is 14.4. The standard InChI is InChI=1S/C18H26N2O2.ClH/c21-18(19-15-9-3-1-4-10-15)22-17-12-6-5-11-16(17)20-13-7-2-8-14-20;/h1,3-4,9-10,16-17H,2,5-8,11-14H2,(H,19,21);1H. The molecule has 1 N–H and O–H groups in total. The van der Waals surface area contributed by atoms with E-state index in [1.165, 1.54) is 25.7 Å². The summed E-state index contributed by atoms with van der Waals surface area (Å²) in [5.41, 5.74) is 0.790. The molecule has 4 nitrogen and oxygen atoms in total. The van der Waals surface area contributed by atoms with E-state index in [0.29, 0.717) is 6.04 Å². The molecule has 1 saturated carbocycles. The van der Waals surface area contributed by atoms with Gasteiger partial charge in [0.05, 0.1) is 0 Å². The van der Waals surface area contributed by atoms with Gasteiger partial charge in [0, 0.05) is 11.7 Å². The van der Waals surface area contributed by atoms with Gasteiger partial charge in [-0.15, -0.1) is 12.4 Å². The summed E-state index contributed by atoms with van der Waals surface area (Å²) >= 11 is 0. The number of hydrogen-bond donors (Lipinski definition) is 1. The molecule has 0 spiro atoms. The van der Waals surface area contributed by atoms with Crippen LogP contribution in [-0.4, -0.2) is 36.2 Å². The number of carbonyl (C=O) groups is 1. The number of nitrogens with one attached hydrogen (secondary N) is 1. The topological polar surface area (TPSA) is 41.6 Å². The van der Waals surface area contributed by atoms with Gasteiger partial charge < -0.3 is 4.74 Å². The smallest absolute Gasteiger partial charge is 0.411 e. The maximum atomic E-state index is 12.2. The molecule has 1 heterocycles. The predicted molar refractivity (Wildman–Crippen MR) is 95.3 cm³/mol. The molecule has 2 atom stereocenters. The van der Waals surface area contributed by atoms with E-state index >= 15 is 0 Å². The highest BCUT2D eigenvalue weighted by atomic mass is 35.5. The second kappa shape index (κ2) is 9.14. The van der Waals surface area contributed by atoms with Gasteiger partial charge in [-0.05, 0) is 57.3 Å². The summed E-state index contributed by atoms with van der Waals surface area (Å²) in [5.74, 6) is 0. The molecule has 1 aromatic carbocycles. The zero-order valence-electron chi connectivity index (χ0n) is 13.6. The van der Waals surface area contributed by atoms with Crippen LogP contribution in [0.15, 0.2) is 30.3 Å². The fraction of sp³-hybridized carbons (Fsp3) is 0.611. The number of carbonyl (C=O) groups excluding carboxylic acids is 1. The highest BCUT2D eigenvalue weighted by molar-refractivity contribution is 5.85. The number of benzene rings is 1. The Kier molecular flexibility index (Phi) is 7.18. The summed E-state index contributed by atoms with van der Waals surface area (Å²) in [5, 5.41) is 2.83. The van der Waals surface area contributed by atoms with Crippen LogP contribution in [0.2, 0.25) is 0 Å². The molecule has 5 heteroatoms. The Balaban J connectivity index is 0.00000192. The van der Waals surface area contributed by atoms with Gasteiger partial charge in [-0.1, -0.05) is 31.0 Å². The van der Waals surface area contributed by atoms with E-state index < -0.39 is 0 Å². The van der Waals surface area contributed by atoms with Crippen LogP contribution in [0.25, 0.3) is 0 Å². The number of likely N-dealkylation sites (tertiary alicyclic amines) is 1. The minimum Gasteiger partial charge on any atom is -0.444 e. The molecule has 2 unspecified atom stereocenters. The van der Waals surface area contributed by atoms with Crippen LogP contribution in [0.3, 0.4) is 0 Å². The third-order valence-electron chi connectivity index (χ3n) is 4.81. The van der Waals surface area contributed by atoms with Crippen molar-refractivity contribution in [3.8, 4) is 0 Å². The molecule has 1 amide bonds. The van der Waals surface area contributed by atoms with Crippen LogP contribution >= 0.6 is 12.4 Å². The number of rotatable bonds is 3. The average Bonchev–Trinajstić information content (AvgIpc) is 2.57. The Labute approximate surface area is 145 Å². The molecular weight excluding hydrogens is 312 g/mol. The van der Waals surface area contributed by atoms with Gasteiger partial charge in [-0.3, -0.25) is 10.2 Å². The minimum atomic E-state index is -0.319. The molecule has 3 rings (SSSR count). The number of anilines is 1. The molecule has 128 valence electrons. The molecule has 1 aromatic rings. The number of amides is 1. The Hall–Kier alpha value is -1.26. The zero-order chi connectivity index (χ0) is 15.2. The normalized spacial score (nSPS) is 25.2. The van der Waals surface area contributed by atoms with Gasteiger partial charge in [0.15, 0.2) is 0 Å². The van der Waals surface area contributed by atoms with Crippen molar-refractivity contribution in [1.82, 2.24) is 4.90 Å². The van der Waals surface area contributed by atoms with Crippen LogP contribution in [0, 0.1) is 0 Å². The first kappa shape index (κ1) is 18.1. The molecule has 0 bridgehead atoms. The van der Waals surface area contributed by atoms with Crippen molar-refractivity contribution in [2.45, 2.75) is 57.1 Å². The number of nitrogens with zero attached hydrogens (tertiary/aromatic N) is 1. The van der Waals surface area contributed by atoms with Crippen molar-refractivity contribution in [1.29, 1.82) is 0 Å². The molecule has 0 radical (unpaired) electrons. The van der Waals surface area contributed by atoms with E-state index in [4.69, 9.17) is 4.74 Å². The van der Waals surface area contributed by atoms with Crippen molar-refractivity contribution < 1.29 is 9.53 Å². The van der Waals surface area contributed by atoms with Crippen LogP contribution in [0.1, 0.15) is 44.9 Å². The first-order chi connectivity index (χ1) is 10.8. The summed E-state index contributed by atoms with van der Waals surface area (Å²) in [7, 11) is 0. The largest absolute Gasteiger partial charge is 0.444 e. The summed E-state index contributed by atoms with van der Waals surface area (Å²) < 4.78 is 5.77. The lowest BCUT2D eigenvalue weighted by Gasteiger charge is -2.41. The SMILES string of the molecule is Cl.O=C(Nc1ccccc1)OC1CCCCC1N1CCCCC1. The second-order valence-electron chi connectivity index (χ2n) is 6.38. The fourth-order valence-corrected chi connectivity index (χ4v) is 3.69. The first-order valence-electron chi connectivity index (χ1n) is 8.60. The van der Waals surface area contributed by atoms with E-state index in [1.54, 1.807) is 0 Å². The van der Waals surface area contributed by atoms with Gasteiger partial charge in [-0.2, -0.15) is 0 Å². The van der Waals surface area contributed by atoms with Crippen molar-refractivity contribution in [3.05, 3.63) is 30.3 Å². The molecular formula is C18H27ClN2O2. The quantitative estimate of drug-likeness (QED) is 0.885. The number of ether oxygens (including phenoxy) is 1. The third-order valence-corrected chi connectivity index (χ3v) is 4.81. The van der Waals surface area contributed by atoms with E-state index in [0.717, 1.165) is 38.0 Å². The third kappa shape index (κ3) is 5.11. The monoisotopic (exact) mass is 338 g/mol. The van der Waals surface area contributed by atoms with Gasteiger partial charge in [0.2, 0.25) is 0 Å². The number of para-hydroxylation sites is 1. The van der Waals surface area contributed by atoms with E-state index in [9.17, 15) is 4.79 Å². The van der Waals surface area contributed by atoms with E-state index in [2.05, 4.69) is 10.2 Å². The lowest BCUT2D eigenvalue weighted by Crippen LogP contribution is -2.49. The summed E-state index contributed by atoms with van der Waals surface area (Å²) in [6.07, 6.45) is 8.17. The van der Waals surface area contributed by atoms with Crippen LogP contribution in [-0.2, 0) is 4.74 Å². The van der Waals surface area contributed by atoms with E-state index in [-0.39, 0.29) is 24.6 Å². The minimum absolute atomic E-state index is 0. The van der Waals surface area contributed by atoms with Gasteiger partial charge >= 0.3 is 6.09 Å². The van der Waals surface area contributed by atoms with Gasteiger partial charge in [0.1, 0.15) is 6.10 Å². The first-order valence-corrected chi connectivity index (χ1v) is 8.60. The molecule has 2 aliphatic rings. The lowest BCUT2D eigenvalue weighted by atomic mass is 9.90. The predicted octanol–water partition coefficient (Wildman–Crippen LogP) is 4.45. The summed E-state index contributed by atoms with van der Waals surface area (Å²) in [6, 6.07) is 9.92. The Morgan fingerprint density at radius 1 is 1.00 bits per heavy atom. The van der Waals surface area contributed by atoms with Crippen LogP contribution in [0.5, 0.6) is 0 Å².